The van der Waals surface area contributed by atoms with Crippen LogP contribution in [0.25, 0.3) is 0 Å². The van der Waals surface area contributed by atoms with Crippen LogP contribution in [0.5, 0.6) is 0 Å². The molecule has 2 rings (SSSR count). The highest BCUT2D eigenvalue weighted by molar-refractivity contribution is 6.30. The fraction of sp³-hybridized carbons (Fsp3) is 0.619. The molecule has 4 nitrogen and oxygen atoms in total. The summed E-state index contributed by atoms with van der Waals surface area (Å²) >= 11 is 5.88. The highest BCUT2D eigenvalue weighted by Crippen LogP contribution is 2.17. The number of carbonyl (C=O) groups is 2. The summed E-state index contributed by atoms with van der Waals surface area (Å²) in [5, 5.41) is 3.87. The summed E-state index contributed by atoms with van der Waals surface area (Å²) in [6, 6.07) is 7.98. The van der Waals surface area contributed by atoms with E-state index in [1.807, 2.05) is 29.2 Å². The second-order valence-electron chi connectivity index (χ2n) is 7.16. The van der Waals surface area contributed by atoms with E-state index >= 15 is 0 Å². The molecular weight excluding hydrogens is 348 g/mol. The van der Waals surface area contributed by atoms with Gasteiger partial charge in [0.25, 0.3) is 0 Å². The van der Waals surface area contributed by atoms with Crippen LogP contribution in [-0.4, -0.2) is 35.8 Å². The fourth-order valence-electron chi connectivity index (χ4n) is 3.54. The number of benzene rings is 1. The molecule has 1 aliphatic rings. The SMILES string of the molecule is CCC(CC)C(=O)N1CCC(NC(=O)CCCc2ccc(Cl)cc2)CC1. The number of likely N-dealkylation sites (tertiary alicyclic amines) is 1. The molecule has 2 amide bonds. The molecule has 5 heteroatoms. The summed E-state index contributed by atoms with van der Waals surface area (Å²) in [4.78, 5) is 26.5. The van der Waals surface area contributed by atoms with Crippen LogP contribution in [0.1, 0.15) is 57.9 Å². The molecule has 1 fully saturated rings. The molecule has 1 aliphatic heterocycles. The summed E-state index contributed by atoms with van der Waals surface area (Å²) in [5.41, 5.74) is 1.20. The van der Waals surface area contributed by atoms with E-state index in [0.717, 1.165) is 56.6 Å². The minimum atomic E-state index is 0.115. The third-order valence-corrected chi connectivity index (χ3v) is 5.54. The molecule has 0 bridgehead atoms. The number of rotatable bonds is 8. The molecule has 0 aliphatic carbocycles. The number of halogens is 1. The smallest absolute Gasteiger partial charge is 0.225 e. The van der Waals surface area contributed by atoms with E-state index in [-0.39, 0.29) is 23.8 Å². The maximum absolute atomic E-state index is 12.4. The normalized spacial score (nSPS) is 15.3. The van der Waals surface area contributed by atoms with Crippen LogP contribution in [0, 0.1) is 5.92 Å². The van der Waals surface area contributed by atoms with Gasteiger partial charge >= 0.3 is 0 Å². The lowest BCUT2D eigenvalue weighted by Gasteiger charge is -2.34. The maximum atomic E-state index is 12.4. The first-order valence-corrected chi connectivity index (χ1v) is 10.2. The minimum Gasteiger partial charge on any atom is -0.353 e. The monoisotopic (exact) mass is 378 g/mol. The van der Waals surface area contributed by atoms with Gasteiger partial charge in [0.15, 0.2) is 0 Å². The van der Waals surface area contributed by atoms with Gasteiger partial charge in [-0.2, -0.15) is 0 Å². The Bertz CT molecular complexity index is 576. The summed E-state index contributed by atoms with van der Waals surface area (Å²) in [7, 11) is 0. The van der Waals surface area contributed by atoms with Crippen molar-refractivity contribution in [1.29, 1.82) is 0 Å². The fourth-order valence-corrected chi connectivity index (χ4v) is 3.67. The predicted octanol–water partition coefficient (Wildman–Crippen LogP) is 4.21. The van der Waals surface area contributed by atoms with Gasteiger partial charge in [0.2, 0.25) is 11.8 Å². The van der Waals surface area contributed by atoms with E-state index in [4.69, 9.17) is 11.6 Å². The Hall–Kier alpha value is -1.55. The molecule has 0 radical (unpaired) electrons. The zero-order valence-corrected chi connectivity index (χ0v) is 16.7. The van der Waals surface area contributed by atoms with Gasteiger partial charge in [-0.15, -0.1) is 0 Å². The molecule has 144 valence electrons. The Morgan fingerprint density at radius 1 is 1.15 bits per heavy atom. The predicted molar refractivity (Wildman–Crippen MR) is 106 cm³/mol. The van der Waals surface area contributed by atoms with Crippen molar-refractivity contribution < 1.29 is 9.59 Å². The van der Waals surface area contributed by atoms with Crippen LogP contribution in [0.3, 0.4) is 0 Å². The Balaban J connectivity index is 1.66. The number of nitrogens with zero attached hydrogens (tertiary/aromatic N) is 1. The lowest BCUT2D eigenvalue weighted by molar-refractivity contribution is -0.137. The second kappa shape index (κ2) is 10.6. The molecule has 26 heavy (non-hydrogen) atoms. The average Bonchev–Trinajstić information content (AvgIpc) is 2.65. The highest BCUT2D eigenvalue weighted by atomic mass is 35.5. The minimum absolute atomic E-state index is 0.115. The Kier molecular flexibility index (Phi) is 8.43. The zero-order valence-electron chi connectivity index (χ0n) is 16.0. The van der Waals surface area contributed by atoms with Gasteiger partial charge in [0.05, 0.1) is 0 Å². The molecular formula is C21H31ClN2O2. The summed E-state index contributed by atoms with van der Waals surface area (Å²) < 4.78 is 0. The largest absolute Gasteiger partial charge is 0.353 e. The molecule has 1 saturated heterocycles. The molecule has 0 atom stereocenters. The van der Waals surface area contributed by atoms with Crippen LogP contribution in [0.4, 0.5) is 0 Å². The third-order valence-electron chi connectivity index (χ3n) is 5.29. The number of carbonyl (C=O) groups excluding carboxylic acids is 2. The molecule has 0 spiro atoms. The van der Waals surface area contributed by atoms with Crippen molar-refractivity contribution in [3.63, 3.8) is 0 Å². The van der Waals surface area contributed by atoms with Crippen molar-refractivity contribution in [1.82, 2.24) is 10.2 Å². The van der Waals surface area contributed by atoms with Gasteiger partial charge in [-0.1, -0.05) is 37.6 Å². The van der Waals surface area contributed by atoms with E-state index < -0.39 is 0 Å². The Morgan fingerprint density at radius 2 is 1.77 bits per heavy atom. The molecule has 1 aromatic rings. The number of piperidine rings is 1. The van der Waals surface area contributed by atoms with E-state index in [1.54, 1.807) is 0 Å². The molecule has 0 saturated carbocycles. The summed E-state index contributed by atoms with van der Waals surface area (Å²) in [6.45, 7) is 5.66. The number of hydrogen-bond donors (Lipinski definition) is 1. The van der Waals surface area contributed by atoms with Crippen molar-refractivity contribution in [2.45, 2.75) is 64.8 Å². The van der Waals surface area contributed by atoms with Gasteiger partial charge in [-0.3, -0.25) is 9.59 Å². The molecule has 0 aromatic heterocycles. The van der Waals surface area contributed by atoms with Crippen LogP contribution >= 0.6 is 11.6 Å². The Morgan fingerprint density at radius 3 is 2.35 bits per heavy atom. The zero-order chi connectivity index (χ0) is 18.9. The average molecular weight is 379 g/mol. The molecule has 1 N–H and O–H groups in total. The number of amides is 2. The number of nitrogens with one attached hydrogen (secondary N) is 1. The van der Waals surface area contributed by atoms with Gasteiger partial charge in [-0.25, -0.2) is 0 Å². The van der Waals surface area contributed by atoms with E-state index in [9.17, 15) is 9.59 Å². The van der Waals surface area contributed by atoms with E-state index in [1.165, 1.54) is 5.56 Å². The van der Waals surface area contributed by atoms with E-state index in [2.05, 4.69) is 19.2 Å². The molecule has 1 heterocycles. The number of aryl methyl sites for hydroxylation is 1. The van der Waals surface area contributed by atoms with E-state index in [0.29, 0.717) is 6.42 Å². The molecule has 0 unspecified atom stereocenters. The topological polar surface area (TPSA) is 49.4 Å². The first kappa shape index (κ1) is 20.8. The first-order chi connectivity index (χ1) is 12.5. The van der Waals surface area contributed by atoms with Crippen molar-refractivity contribution in [2.24, 2.45) is 5.92 Å². The van der Waals surface area contributed by atoms with Crippen LogP contribution in [0.2, 0.25) is 5.02 Å². The van der Waals surface area contributed by atoms with Crippen molar-refractivity contribution in [2.75, 3.05) is 13.1 Å². The lowest BCUT2D eigenvalue weighted by atomic mass is 9.98. The Labute approximate surface area is 162 Å². The summed E-state index contributed by atoms with van der Waals surface area (Å²) in [5.74, 6) is 0.542. The van der Waals surface area contributed by atoms with Crippen molar-refractivity contribution in [3.8, 4) is 0 Å². The van der Waals surface area contributed by atoms with Crippen LogP contribution in [-0.2, 0) is 16.0 Å². The highest BCUT2D eigenvalue weighted by Gasteiger charge is 2.26. The van der Waals surface area contributed by atoms with Crippen molar-refractivity contribution in [3.05, 3.63) is 34.9 Å². The van der Waals surface area contributed by atoms with Crippen LogP contribution in [0.15, 0.2) is 24.3 Å². The molecule has 1 aromatic carbocycles. The summed E-state index contributed by atoms with van der Waals surface area (Å²) in [6.07, 6.45) is 5.77. The van der Waals surface area contributed by atoms with Crippen LogP contribution < -0.4 is 5.32 Å². The van der Waals surface area contributed by atoms with Crippen molar-refractivity contribution >= 4 is 23.4 Å². The number of hydrogen-bond acceptors (Lipinski definition) is 2. The lowest BCUT2D eigenvalue weighted by Crippen LogP contribution is -2.48. The second-order valence-corrected chi connectivity index (χ2v) is 7.60. The van der Waals surface area contributed by atoms with Gasteiger partial charge in [-0.05, 0) is 56.2 Å². The van der Waals surface area contributed by atoms with Gasteiger partial charge < -0.3 is 10.2 Å². The standard InChI is InChI=1S/C21H31ClN2O2/c1-3-17(4-2)21(26)24-14-12-19(13-15-24)23-20(25)7-5-6-16-8-10-18(22)11-9-16/h8-11,17,19H,3-7,12-15H2,1-2H3,(H,23,25). The van der Waals surface area contributed by atoms with Gasteiger partial charge in [0.1, 0.15) is 0 Å². The maximum Gasteiger partial charge on any atom is 0.225 e. The first-order valence-electron chi connectivity index (χ1n) is 9.86. The quantitative estimate of drug-likeness (QED) is 0.736. The van der Waals surface area contributed by atoms with Gasteiger partial charge in [0, 0.05) is 36.5 Å². The third kappa shape index (κ3) is 6.31.